The predicted octanol–water partition coefficient (Wildman–Crippen LogP) is 3.62. The molecule has 0 saturated carbocycles. The fraction of sp³-hybridized carbons (Fsp3) is 0.200. The van der Waals surface area contributed by atoms with E-state index in [0.29, 0.717) is 35.1 Å². The van der Waals surface area contributed by atoms with Gasteiger partial charge in [-0.15, -0.1) is 0 Å². The second kappa shape index (κ2) is 6.55. The fourth-order valence-electron chi connectivity index (χ4n) is 2.92. The van der Waals surface area contributed by atoms with E-state index in [4.69, 9.17) is 14.2 Å². The van der Waals surface area contributed by atoms with Crippen LogP contribution in [0.15, 0.2) is 53.1 Å². The standard InChI is InChI=1S/C20H18N2O4/c1-3-24-17-11-19-18(25-12-26-19)10-14(17)9-16-13(2)21-22(20(16)23)15-7-5-4-6-8-15/h4-11H,3,12H2,1-2H3/b16-9-. The number of rotatable bonds is 4. The maximum atomic E-state index is 12.9. The summed E-state index contributed by atoms with van der Waals surface area (Å²) in [4.78, 5) is 12.9. The fourth-order valence-corrected chi connectivity index (χ4v) is 2.92. The SMILES string of the molecule is CCOc1cc2c(cc1/C=C1\C(=O)N(c3ccccc3)N=C1C)OCO2. The number of fused-ring (bicyclic) bond motifs is 1. The predicted molar refractivity (Wildman–Crippen MR) is 98.7 cm³/mol. The summed E-state index contributed by atoms with van der Waals surface area (Å²) in [6.45, 7) is 4.42. The van der Waals surface area contributed by atoms with Crippen LogP contribution < -0.4 is 19.2 Å². The number of hydrazone groups is 1. The van der Waals surface area contributed by atoms with Gasteiger partial charge in [0.2, 0.25) is 6.79 Å². The summed E-state index contributed by atoms with van der Waals surface area (Å²) in [5.41, 5.74) is 2.66. The zero-order chi connectivity index (χ0) is 18.1. The van der Waals surface area contributed by atoms with E-state index >= 15 is 0 Å². The number of benzene rings is 2. The van der Waals surface area contributed by atoms with Crippen LogP contribution in [-0.2, 0) is 4.79 Å². The molecule has 2 aromatic rings. The molecule has 2 aliphatic rings. The lowest BCUT2D eigenvalue weighted by Gasteiger charge is -2.12. The summed E-state index contributed by atoms with van der Waals surface area (Å²) >= 11 is 0. The summed E-state index contributed by atoms with van der Waals surface area (Å²) in [6, 6.07) is 13.0. The molecule has 0 N–H and O–H groups in total. The van der Waals surface area contributed by atoms with Crippen molar-refractivity contribution in [3.8, 4) is 17.2 Å². The Morgan fingerprint density at radius 3 is 2.65 bits per heavy atom. The van der Waals surface area contributed by atoms with E-state index in [0.717, 1.165) is 11.3 Å². The average molecular weight is 350 g/mol. The molecular formula is C20H18N2O4. The van der Waals surface area contributed by atoms with Crippen molar-refractivity contribution in [3.63, 3.8) is 0 Å². The lowest BCUT2D eigenvalue weighted by atomic mass is 10.1. The molecule has 0 bridgehead atoms. The Morgan fingerprint density at radius 1 is 1.19 bits per heavy atom. The molecule has 0 atom stereocenters. The van der Waals surface area contributed by atoms with Crippen molar-refractivity contribution in [2.75, 3.05) is 18.4 Å². The highest BCUT2D eigenvalue weighted by Crippen LogP contribution is 2.39. The molecule has 0 unspecified atom stereocenters. The average Bonchev–Trinajstić information content (AvgIpc) is 3.22. The number of anilines is 1. The van der Waals surface area contributed by atoms with Gasteiger partial charge in [0.25, 0.3) is 5.91 Å². The molecule has 132 valence electrons. The van der Waals surface area contributed by atoms with Gasteiger partial charge in [-0.25, -0.2) is 0 Å². The topological polar surface area (TPSA) is 60.4 Å². The zero-order valence-electron chi connectivity index (χ0n) is 14.6. The Kier molecular flexibility index (Phi) is 4.08. The number of carbonyl (C=O) groups is 1. The van der Waals surface area contributed by atoms with Gasteiger partial charge in [0, 0.05) is 11.6 Å². The highest BCUT2D eigenvalue weighted by atomic mass is 16.7. The normalized spacial score (nSPS) is 17.0. The molecule has 1 amide bonds. The van der Waals surface area contributed by atoms with Crippen LogP contribution in [-0.4, -0.2) is 25.0 Å². The van der Waals surface area contributed by atoms with E-state index in [-0.39, 0.29) is 12.7 Å². The first-order chi connectivity index (χ1) is 12.7. The Bertz CT molecular complexity index is 919. The maximum absolute atomic E-state index is 12.9. The molecule has 0 spiro atoms. The summed E-state index contributed by atoms with van der Waals surface area (Å²) in [7, 11) is 0. The van der Waals surface area contributed by atoms with Gasteiger partial charge in [-0.1, -0.05) is 18.2 Å². The summed E-state index contributed by atoms with van der Waals surface area (Å²) < 4.78 is 16.6. The molecule has 0 aromatic heterocycles. The van der Waals surface area contributed by atoms with Gasteiger partial charge in [-0.2, -0.15) is 10.1 Å². The molecule has 6 heteroatoms. The Balaban J connectivity index is 1.73. The van der Waals surface area contributed by atoms with E-state index in [1.165, 1.54) is 5.01 Å². The van der Waals surface area contributed by atoms with E-state index in [1.807, 2.05) is 50.2 Å². The van der Waals surface area contributed by atoms with Crippen LogP contribution >= 0.6 is 0 Å². The van der Waals surface area contributed by atoms with Gasteiger partial charge >= 0.3 is 0 Å². The Hall–Kier alpha value is -3.28. The molecular weight excluding hydrogens is 332 g/mol. The van der Waals surface area contributed by atoms with Gasteiger partial charge in [-0.05, 0) is 38.1 Å². The van der Waals surface area contributed by atoms with Gasteiger partial charge in [0.1, 0.15) is 5.75 Å². The van der Waals surface area contributed by atoms with Gasteiger partial charge in [0.05, 0.1) is 23.6 Å². The monoisotopic (exact) mass is 350 g/mol. The van der Waals surface area contributed by atoms with Gasteiger partial charge in [-0.3, -0.25) is 4.79 Å². The van der Waals surface area contributed by atoms with Crippen molar-refractivity contribution in [1.29, 1.82) is 0 Å². The van der Waals surface area contributed by atoms with Crippen molar-refractivity contribution in [2.24, 2.45) is 5.10 Å². The number of hydrogen-bond acceptors (Lipinski definition) is 5. The van der Waals surface area contributed by atoms with Crippen LogP contribution in [0.25, 0.3) is 6.08 Å². The molecule has 0 aliphatic carbocycles. The molecule has 2 heterocycles. The maximum Gasteiger partial charge on any atom is 0.280 e. The number of hydrogen-bond donors (Lipinski definition) is 0. The van der Waals surface area contributed by atoms with Crippen LogP contribution in [0.1, 0.15) is 19.4 Å². The summed E-state index contributed by atoms with van der Waals surface area (Å²) in [6.07, 6.45) is 1.79. The highest BCUT2D eigenvalue weighted by Gasteiger charge is 2.29. The number of para-hydroxylation sites is 1. The van der Waals surface area contributed by atoms with Crippen molar-refractivity contribution in [3.05, 3.63) is 53.6 Å². The van der Waals surface area contributed by atoms with Crippen molar-refractivity contribution >= 4 is 23.4 Å². The molecule has 0 saturated heterocycles. The largest absolute Gasteiger partial charge is 0.493 e. The zero-order valence-corrected chi connectivity index (χ0v) is 14.6. The second-order valence-corrected chi connectivity index (χ2v) is 5.87. The van der Waals surface area contributed by atoms with E-state index in [9.17, 15) is 4.79 Å². The number of ether oxygens (including phenoxy) is 3. The minimum Gasteiger partial charge on any atom is -0.493 e. The minimum absolute atomic E-state index is 0.172. The molecule has 0 radical (unpaired) electrons. The third kappa shape index (κ3) is 2.79. The van der Waals surface area contributed by atoms with E-state index in [1.54, 1.807) is 12.1 Å². The van der Waals surface area contributed by atoms with Crippen LogP contribution in [0.2, 0.25) is 0 Å². The van der Waals surface area contributed by atoms with E-state index in [2.05, 4.69) is 5.10 Å². The Morgan fingerprint density at radius 2 is 1.92 bits per heavy atom. The van der Waals surface area contributed by atoms with E-state index < -0.39 is 0 Å². The lowest BCUT2D eigenvalue weighted by molar-refractivity contribution is -0.114. The second-order valence-electron chi connectivity index (χ2n) is 5.87. The number of nitrogens with zero attached hydrogens (tertiary/aromatic N) is 2. The first-order valence-corrected chi connectivity index (χ1v) is 8.40. The van der Waals surface area contributed by atoms with Crippen molar-refractivity contribution < 1.29 is 19.0 Å². The van der Waals surface area contributed by atoms with Crippen LogP contribution in [0.3, 0.4) is 0 Å². The molecule has 4 rings (SSSR count). The highest BCUT2D eigenvalue weighted by molar-refractivity contribution is 6.32. The quantitative estimate of drug-likeness (QED) is 0.790. The molecule has 0 fully saturated rings. The number of amides is 1. The first-order valence-electron chi connectivity index (χ1n) is 8.40. The first kappa shape index (κ1) is 16.2. The third-order valence-electron chi connectivity index (χ3n) is 4.17. The van der Waals surface area contributed by atoms with Gasteiger partial charge < -0.3 is 14.2 Å². The summed E-state index contributed by atoms with van der Waals surface area (Å²) in [5.74, 6) is 1.75. The third-order valence-corrected chi connectivity index (χ3v) is 4.17. The molecule has 2 aromatic carbocycles. The minimum atomic E-state index is -0.172. The van der Waals surface area contributed by atoms with Crippen LogP contribution in [0.4, 0.5) is 5.69 Å². The molecule has 2 aliphatic heterocycles. The van der Waals surface area contributed by atoms with Gasteiger partial charge in [0.15, 0.2) is 11.5 Å². The smallest absolute Gasteiger partial charge is 0.280 e. The summed E-state index contributed by atoms with van der Waals surface area (Å²) in [5, 5.41) is 5.81. The van der Waals surface area contributed by atoms with Crippen molar-refractivity contribution in [2.45, 2.75) is 13.8 Å². The lowest BCUT2D eigenvalue weighted by Crippen LogP contribution is -2.21. The molecule has 6 nitrogen and oxygen atoms in total. The number of carbonyl (C=O) groups excluding carboxylic acids is 1. The van der Waals surface area contributed by atoms with Crippen LogP contribution in [0, 0.1) is 0 Å². The van der Waals surface area contributed by atoms with Crippen molar-refractivity contribution in [1.82, 2.24) is 0 Å². The Labute approximate surface area is 151 Å². The van der Waals surface area contributed by atoms with Crippen LogP contribution in [0.5, 0.6) is 17.2 Å². The molecule has 26 heavy (non-hydrogen) atoms.